The fourth-order valence-electron chi connectivity index (χ4n) is 3.21. The Morgan fingerprint density at radius 3 is 2.38 bits per heavy atom. The van der Waals surface area contributed by atoms with Crippen molar-refractivity contribution in [3.63, 3.8) is 0 Å². The van der Waals surface area contributed by atoms with Gasteiger partial charge in [-0.2, -0.15) is 0 Å². The van der Waals surface area contributed by atoms with Gasteiger partial charge in [0.1, 0.15) is 0 Å². The van der Waals surface area contributed by atoms with Gasteiger partial charge in [-0.1, -0.05) is 35.9 Å². The van der Waals surface area contributed by atoms with Crippen molar-refractivity contribution in [1.82, 2.24) is 4.57 Å². The number of nitrogens with zero attached hydrogens (tertiary/aromatic N) is 1. The van der Waals surface area contributed by atoms with E-state index in [1.807, 2.05) is 0 Å². The van der Waals surface area contributed by atoms with E-state index in [4.69, 9.17) is 0 Å². The van der Waals surface area contributed by atoms with Crippen LogP contribution in [-0.2, 0) is 13.6 Å². The molecule has 0 saturated heterocycles. The minimum absolute atomic E-state index is 0.853. The maximum Gasteiger partial charge on any atom is 0.0481 e. The first-order valence-corrected chi connectivity index (χ1v) is 7.41. The summed E-state index contributed by atoms with van der Waals surface area (Å²) >= 11 is 0. The molecular weight excluding hydrogens is 256 g/mol. The highest BCUT2D eigenvalue weighted by Crippen LogP contribution is 2.25. The summed E-state index contributed by atoms with van der Waals surface area (Å²) in [6.07, 6.45) is 2.22. The Labute approximate surface area is 126 Å². The molecule has 3 aromatic rings. The summed E-state index contributed by atoms with van der Waals surface area (Å²) in [5.41, 5.74) is 7.83. The van der Waals surface area contributed by atoms with E-state index in [0.717, 1.165) is 6.54 Å². The van der Waals surface area contributed by atoms with Crippen LogP contribution in [0.2, 0.25) is 0 Å². The summed E-state index contributed by atoms with van der Waals surface area (Å²) in [5, 5.41) is 4.95. The van der Waals surface area contributed by atoms with E-state index in [0.29, 0.717) is 0 Å². The zero-order valence-electron chi connectivity index (χ0n) is 13.2. The van der Waals surface area contributed by atoms with Crippen LogP contribution in [0.25, 0.3) is 10.9 Å². The van der Waals surface area contributed by atoms with E-state index < -0.39 is 0 Å². The van der Waals surface area contributed by atoms with Crippen molar-refractivity contribution >= 4 is 16.6 Å². The molecule has 0 atom stereocenters. The molecule has 108 valence electrons. The minimum Gasteiger partial charge on any atom is -0.380 e. The maximum atomic E-state index is 3.62. The topological polar surface area (TPSA) is 17.0 Å². The van der Waals surface area contributed by atoms with Crippen molar-refractivity contribution in [3.05, 3.63) is 64.8 Å². The molecule has 0 unspecified atom stereocenters. The molecule has 0 radical (unpaired) electrons. The van der Waals surface area contributed by atoms with Crippen LogP contribution in [0.5, 0.6) is 0 Å². The lowest BCUT2D eigenvalue weighted by atomic mass is 10.0. The number of anilines is 1. The van der Waals surface area contributed by atoms with Crippen molar-refractivity contribution in [1.29, 1.82) is 0 Å². The maximum absolute atomic E-state index is 3.62. The third-order valence-corrected chi connectivity index (χ3v) is 4.11. The summed E-state index contributed by atoms with van der Waals surface area (Å²) in [5.74, 6) is 0. The molecule has 21 heavy (non-hydrogen) atoms. The van der Waals surface area contributed by atoms with Crippen LogP contribution >= 0.6 is 0 Å². The largest absolute Gasteiger partial charge is 0.380 e. The standard InChI is InChI=1S/C19H22N2/c1-13-9-14(2)19(15(3)10-13)20-11-16-12-21(4)18-8-6-5-7-17(16)18/h5-10,12,20H,11H2,1-4H3. The van der Waals surface area contributed by atoms with Gasteiger partial charge in [0.2, 0.25) is 0 Å². The van der Waals surface area contributed by atoms with E-state index in [-0.39, 0.29) is 0 Å². The molecule has 0 aliphatic rings. The van der Waals surface area contributed by atoms with Gasteiger partial charge in [-0.15, -0.1) is 0 Å². The summed E-state index contributed by atoms with van der Waals surface area (Å²) in [4.78, 5) is 0. The van der Waals surface area contributed by atoms with Gasteiger partial charge in [-0.05, 0) is 43.5 Å². The Balaban J connectivity index is 1.91. The quantitative estimate of drug-likeness (QED) is 0.734. The smallest absolute Gasteiger partial charge is 0.0481 e. The number of rotatable bonds is 3. The average molecular weight is 278 g/mol. The van der Waals surface area contributed by atoms with Crippen molar-refractivity contribution in [2.45, 2.75) is 27.3 Å². The number of fused-ring (bicyclic) bond motifs is 1. The molecule has 0 amide bonds. The number of hydrogen-bond acceptors (Lipinski definition) is 1. The summed E-state index contributed by atoms with van der Waals surface area (Å²) in [6.45, 7) is 7.34. The zero-order valence-corrected chi connectivity index (χ0v) is 13.2. The van der Waals surface area contributed by atoms with Crippen molar-refractivity contribution < 1.29 is 0 Å². The minimum atomic E-state index is 0.853. The highest BCUT2D eigenvalue weighted by atomic mass is 14.9. The molecular formula is C19H22N2. The van der Waals surface area contributed by atoms with Crippen molar-refractivity contribution in [3.8, 4) is 0 Å². The Hall–Kier alpha value is -2.22. The van der Waals surface area contributed by atoms with Gasteiger partial charge in [0, 0.05) is 36.4 Å². The van der Waals surface area contributed by atoms with Crippen LogP contribution in [-0.4, -0.2) is 4.57 Å². The second-order valence-corrected chi connectivity index (χ2v) is 5.91. The predicted molar refractivity (Wildman–Crippen MR) is 90.9 cm³/mol. The fourth-order valence-corrected chi connectivity index (χ4v) is 3.21. The number of para-hydroxylation sites is 1. The summed E-state index contributed by atoms with van der Waals surface area (Å²) < 4.78 is 2.20. The lowest BCUT2D eigenvalue weighted by molar-refractivity contribution is 0.955. The van der Waals surface area contributed by atoms with Gasteiger partial charge in [-0.3, -0.25) is 0 Å². The fraction of sp³-hybridized carbons (Fsp3) is 0.263. The van der Waals surface area contributed by atoms with Crippen LogP contribution in [0.15, 0.2) is 42.6 Å². The number of benzene rings is 2. The SMILES string of the molecule is Cc1cc(C)c(NCc2cn(C)c3ccccc23)c(C)c1. The summed E-state index contributed by atoms with van der Waals surface area (Å²) in [7, 11) is 2.11. The molecule has 0 aliphatic heterocycles. The second kappa shape index (κ2) is 5.28. The van der Waals surface area contributed by atoms with Crippen LogP contribution in [0, 0.1) is 20.8 Å². The van der Waals surface area contributed by atoms with Gasteiger partial charge in [-0.25, -0.2) is 0 Å². The molecule has 0 aliphatic carbocycles. The van der Waals surface area contributed by atoms with Crippen LogP contribution in [0.4, 0.5) is 5.69 Å². The molecule has 1 heterocycles. The molecule has 0 saturated carbocycles. The van der Waals surface area contributed by atoms with E-state index in [1.54, 1.807) is 0 Å². The normalized spacial score (nSPS) is 11.0. The molecule has 0 fully saturated rings. The Bertz CT molecular complexity index is 773. The van der Waals surface area contributed by atoms with E-state index in [2.05, 4.69) is 80.3 Å². The predicted octanol–water partition coefficient (Wildman–Crippen LogP) is 4.72. The second-order valence-electron chi connectivity index (χ2n) is 5.91. The number of hydrogen-bond donors (Lipinski definition) is 1. The first-order valence-electron chi connectivity index (χ1n) is 7.41. The van der Waals surface area contributed by atoms with Gasteiger partial charge < -0.3 is 9.88 Å². The Morgan fingerprint density at radius 2 is 1.67 bits per heavy atom. The third-order valence-electron chi connectivity index (χ3n) is 4.11. The number of nitrogens with one attached hydrogen (secondary N) is 1. The lowest BCUT2D eigenvalue weighted by Gasteiger charge is -2.13. The molecule has 2 heteroatoms. The molecule has 3 rings (SSSR count). The van der Waals surface area contributed by atoms with Crippen LogP contribution in [0.1, 0.15) is 22.3 Å². The Kier molecular flexibility index (Phi) is 3.46. The highest BCUT2D eigenvalue weighted by Gasteiger charge is 2.08. The Morgan fingerprint density at radius 1 is 1.00 bits per heavy atom. The van der Waals surface area contributed by atoms with Gasteiger partial charge >= 0.3 is 0 Å². The van der Waals surface area contributed by atoms with Crippen LogP contribution in [0.3, 0.4) is 0 Å². The average Bonchev–Trinajstić information content (AvgIpc) is 2.75. The van der Waals surface area contributed by atoms with Gasteiger partial charge in [0.05, 0.1) is 0 Å². The molecule has 0 spiro atoms. The monoisotopic (exact) mass is 278 g/mol. The first-order chi connectivity index (χ1) is 10.1. The number of aromatic nitrogens is 1. The van der Waals surface area contributed by atoms with E-state index in [9.17, 15) is 0 Å². The van der Waals surface area contributed by atoms with Crippen molar-refractivity contribution in [2.75, 3.05) is 5.32 Å². The highest BCUT2D eigenvalue weighted by molar-refractivity contribution is 5.84. The summed E-state index contributed by atoms with van der Waals surface area (Å²) in [6, 6.07) is 13.0. The molecule has 2 nitrogen and oxygen atoms in total. The molecule has 1 N–H and O–H groups in total. The van der Waals surface area contributed by atoms with E-state index >= 15 is 0 Å². The zero-order chi connectivity index (χ0) is 15.0. The van der Waals surface area contributed by atoms with Gasteiger partial charge in [0.15, 0.2) is 0 Å². The van der Waals surface area contributed by atoms with Gasteiger partial charge in [0.25, 0.3) is 0 Å². The van der Waals surface area contributed by atoms with Crippen molar-refractivity contribution in [2.24, 2.45) is 7.05 Å². The first kappa shape index (κ1) is 13.7. The number of aryl methyl sites for hydroxylation is 4. The van der Waals surface area contributed by atoms with E-state index in [1.165, 1.54) is 38.8 Å². The molecule has 2 aromatic carbocycles. The molecule has 0 bridgehead atoms. The molecule has 1 aromatic heterocycles. The van der Waals surface area contributed by atoms with Crippen LogP contribution < -0.4 is 5.32 Å². The lowest BCUT2D eigenvalue weighted by Crippen LogP contribution is -2.03. The third kappa shape index (κ3) is 2.54.